The van der Waals surface area contributed by atoms with Gasteiger partial charge in [0.15, 0.2) is 0 Å². The molecule has 1 unspecified atom stereocenters. The first-order valence-corrected chi connectivity index (χ1v) is 6.48. The summed E-state index contributed by atoms with van der Waals surface area (Å²) in [5.74, 6) is 0.798. The molecule has 0 aliphatic carbocycles. The van der Waals surface area contributed by atoms with Crippen molar-refractivity contribution in [1.29, 1.82) is 0 Å². The van der Waals surface area contributed by atoms with E-state index in [-0.39, 0.29) is 11.8 Å². The summed E-state index contributed by atoms with van der Waals surface area (Å²) < 4.78 is 5.56. The summed E-state index contributed by atoms with van der Waals surface area (Å²) in [5, 5.41) is 0. The second-order valence-electron chi connectivity index (χ2n) is 4.52. The van der Waals surface area contributed by atoms with E-state index < -0.39 is 0 Å². The van der Waals surface area contributed by atoms with Gasteiger partial charge in [0.1, 0.15) is 18.3 Å². The Bertz CT molecular complexity index is 414. The van der Waals surface area contributed by atoms with Gasteiger partial charge in [0, 0.05) is 25.2 Å². The topological polar surface area (TPSA) is 55.6 Å². The Hall–Kier alpha value is -1.55. The molecule has 1 aliphatic rings. The molecule has 98 valence electrons. The van der Waals surface area contributed by atoms with Gasteiger partial charge in [-0.2, -0.15) is 0 Å². The molecule has 1 amide bonds. The van der Waals surface area contributed by atoms with Gasteiger partial charge in [-0.3, -0.25) is 4.79 Å². The molecule has 2 rings (SSSR count). The van der Waals surface area contributed by atoms with E-state index in [4.69, 9.17) is 10.5 Å². The van der Waals surface area contributed by atoms with Gasteiger partial charge in [-0.05, 0) is 12.5 Å². The van der Waals surface area contributed by atoms with E-state index in [9.17, 15) is 4.79 Å². The Morgan fingerprint density at radius 2 is 2.22 bits per heavy atom. The van der Waals surface area contributed by atoms with E-state index in [1.54, 1.807) is 0 Å². The molecule has 2 N–H and O–H groups in total. The molecule has 1 aromatic carbocycles. The number of benzene rings is 1. The molecule has 18 heavy (non-hydrogen) atoms. The third-order valence-corrected chi connectivity index (χ3v) is 3.20. The van der Waals surface area contributed by atoms with Crippen molar-refractivity contribution in [2.45, 2.75) is 19.3 Å². The van der Waals surface area contributed by atoms with Crippen LogP contribution in [-0.2, 0) is 4.79 Å². The Kier molecular flexibility index (Phi) is 4.20. The maximum absolute atomic E-state index is 12.5. The Morgan fingerprint density at radius 1 is 1.44 bits per heavy atom. The fourth-order valence-corrected chi connectivity index (χ4v) is 2.35. The number of nitrogens with two attached hydrogens (primary N) is 1. The maximum Gasteiger partial charge on any atom is 0.233 e. The highest BCUT2D eigenvalue weighted by atomic mass is 16.5. The normalized spacial score (nSPS) is 17.1. The first-order chi connectivity index (χ1) is 8.77. The van der Waals surface area contributed by atoms with Crippen LogP contribution in [0.1, 0.15) is 24.8 Å². The molecule has 0 saturated carbocycles. The second kappa shape index (κ2) is 5.87. The molecule has 0 saturated heterocycles. The smallest absolute Gasteiger partial charge is 0.233 e. The summed E-state index contributed by atoms with van der Waals surface area (Å²) in [6, 6.07) is 7.75. The van der Waals surface area contributed by atoms with Gasteiger partial charge in [0.2, 0.25) is 5.91 Å². The molecule has 0 radical (unpaired) electrons. The predicted molar refractivity (Wildman–Crippen MR) is 70.6 cm³/mol. The van der Waals surface area contributed by atoms with Gasteiger partial charge in [-0.25, -0.2) is 0 Å². The standard InChI is InChI=1S/C14H20N2O2/c1-2-8-16(9-7-15)14(17)12-10-18-13-6-4-3-5-11(12)13/h3-6,12H,2,7-10,15H2,1H3. The molecular weight excluding hydrogens is 228 g/mol. The van der Waals surface area contributed by atoms with Crippen LogP contribution in [0.25, 0.3) is 0 Å². The van der Waals surface area contributed by atoms with Crippen molar-refractivity contribution in [3.05, 3.63) is 29.8 Å². The van der Waals surface area contributed by atoms with Crippen LogP contribution >= 0.6 is 0 Å². The highest BCUT2D eigenvalue weighted by molar-refractivity contribution is 5.85. The summed E-state index contributed by atoms with van der Waals surface area (Å²) in [4.78, 5) is 14.3. The number of amides is 1. The SMILES string of the molecule is CCCN(CCN)C(=O)C1COc2ccccc21. The minimum atomic E-state index is -0.167. The molecule has 0 fully saturated rings. The highest BCUT2D eigenvalue weighted by Gasteiger charge is 2.32. The second-order valence-corrected chi connectivity index (χ2v) is 4.52. The Balaban J connectivity index is 2.14. The molecule has 1 aliphatic heterocycles. The summed E-state index contributed by atoms with van der Waals surface area (Å²) in [6.07, 6.45) is 0.945. The van der Waals surface area contributed by atoms with Gasteiger partial charge in [0.25, 0.3) is 0 Å². The summed E-state index contributed by atoms with van der Waals surface area (Å²) in [5.41, 5.74) is 6.57. The van der Waals surface area contributed by atoms with Crippen LogP contribution in [0, 0.1) is 0 Å². The summed E-state index contributed by atoms with van der Waals surface area (Å²) in [6.45, 7) is 4.39. The zero-order valence-corrected chi connectivity index (χ0v) is 10.8. The van der Waals surface area contributed by atoms with E-state index in [1.807, 2.05) is 29.2 Å². The van der Waals surface area contributed by atoms with E-state index >= 15 is 0 Å². The number of carbonyl (C=O) groups excluding carboxylic acids is 1. The molecule has 0 spiro atoms. The number of para-hydroxylation sites is 1. The Labute approximate surface area is 108 Å². The van der Waals surface area contributed by atoms with Crippen molar-refractivity contribution >= 4 is 5.91 Å². The van der Waals surface area contributed by atoms with Crippen LogP contribution in [0.5, 0.6) is 5.75 Å². The van der Waals surface area contributed by atoms with E-state index in [0.717, 1.165) is 24.3 Å². The number of fused-ring (bicyclic) bond motifs is 1. The molecule has 0 bridgehead atoms. The molecule has 1 atom stereocenters. The number of carbonyl (C=O) groups is 1. The number of hydrogen-bond donors (Lipinski definition) is 1. The lowest BCUT2D eigenvalue weighted by molar-refractivity contribution is -0.133. The molecule has 4 heteroatoms. The van der Waals surface area contributed by atoms with Crippen LogP contribution in [-0.4, -0.2) is 37.0 Å². The predicted octanol–water partition coefficient (Wildman–Crippen LogP) is 1.36. The average Bonchev–Trinajstić information content (AvgIpc) is 2.81. The van der Waals surface area contributed by atoms with Crippen molar-refractivity contribution in [2.75, 3.05) is 26.2 Å². The van der Waals surface area contributed by atoms with Gasteiger partial charge >= 0.3 is 0 Å². The van der Waals surface area contributed by atoms with E-state index in [2.05, 4.69) is 6.92 Å². The number of ether oxygens (including phenoxy) is 1. The molecule has 0 aromatic heterocycles. The highest BCUT2D eigenvalue weighted by Crippen LogP contribution is 2.34. The van der Waals surface area contributed by atoms with Gasteiger partial charge in [0.05, 0.1) is 0 Å². The zero-order valence-electron chi connectivity index (χ0n) is 10.8. The summed E-state index contributed by atoms with van der Waals surface area (Å²) >= 11 is 0. The number of nitrogens with zero attached hydrogens (tertiary/aromatic N) is 1. The van der Waals surface area contributed by atoms with Crippen molar-refractivity contribution in [1.82, 2.24) is 4.90 Å². The first-order valence-electron chi connectivity index (χ1n) is 6.48. The number of hydrogen-bond acceptors (Lipinski definition) is 3. The van der Waals surface area contributed by atoms with E-state index in [0.29, 0.717) is 19.7 Å². The van der Waals surface area contributed by atoms with Crippen LogP contribution in [0.3, 0.4) is 0 Å². The third kappa shape index (κ3) is 2.48. The number of rotatable bonds is 5. The van der Waals surface area contributed by atoms with Gasteiger partial charge in [-0.15, -0.1) is 0 Å². The van der Waals surface area contributed by atoms with Crippen LogP contribution < -0.4 is 10.5 Å². The fraction of sp³-hybridized carbons (Fsp3) is 0.500. The van der Waals surface area contributed by atoms with Gasteiger partial charge < -0.3 is 15.4 Å². The molecular formula is C14H20N2O2. The van der Waals surface area contributed by atoms with Crippen LogP contribution in [0.2, 0.25) is 0 Å². The first kappa shape index (κ1) is 12.9. The third-order valence-electron chi connectivity index (χ3n) is 3.20. The summed E-state index contributed by atoms with van der Waals surface area (Å²) in [7, 11) is 0. The van der Waals surface area contributed by atoms with Crippen molar-refractivity contribution in [3.63, 3.8) is 0 Å². The minimum absolute atomic E-state index is 0.132. The van der Waals surface area contributed by atoms with Crippen molar-refractivity contribution in [3.8, 4) is 5.75 Å². The van der Waals surface area contributed by atoms with Crippen LogP contribution in [0.15, 0.2) is 24.3 Å². The molecule has 4 nitrogen and oxygen atoms in total. The van der Waals surface area contributed by atoms with E-state index in [1.165, 1.54) is 0 Å². The molecule has 1 aromatic rings. The fourth-order valence-electron chi connectivity index (χ4n) is 2.35. The average molecular weight is 248 g/mol. The van der Waals surface area contributed by atoms with Crippen molar-refractivity contribution < 1.29 is 9.53 Å². The minimum Gasteiger partial charge on any atom is -0.492 e. The Morgan fingerprint density at radius 3 is 2.94 bits per heavy atom. The molecule has 1 heterocycles. The van der Waals surface area contributed by atoms with Gasteiger partial charge in [-0.1, -0.05) is 25.1 Å². The maximum atomic E-state index is 12.5. The quantitative estimate of drug-likeness (QED) is 0.856. The largest absolute Gasteiger partial charge is 0.492 e. The lowest BCUT2D eigenvalue weighted by atomic mass is 10.00. The lowest BCUT2D eigenvalue weighted by Gasteiger charge is -2.24. The van der Waals surface area contributed by atoms with Crippen LogP contribution in [0.4, 0.5) is 0 Å². The monoisotopic (exact) mass is 248 g/mol. The zero-order chi connectivity index (χ0) is 13.0. The lowest BCUT2D eigenvalue weighted by Crippen LogP contribution is -2.39. The van der Waals surface area contributed by atoms with Crippen molar-refractivity contribution in [2.24, 2.45) is 5.73 Å².